The van der Waals surface area contributed by atoms with E-state index >= 15 is 4.39 Å². The first kappa shape index (κ1) is 30.7. The molecule has 2 N–H and O–H groups in total. The van der Waals surface area contributed by atoms with Crippen molar-refractivity contribution < 1.29 is 27.8 Å². The quantitative estimate of drug-likeness (QED) is 0.203. The van der Waals surface area contributed by atoms with Gasteiger partial charge in [0.2, 0.25) is 0 Å². The van der Waals surface area contributed by atoms with Crippen LogP contribution in [0.25, 0.3) is 16.6 Å². The van der Waals surface area contributed by atoms with E-state index in [4.69, 9.17) is 14.2 Å². The number of rotatable bonds is 8. The number of anilines is 1. The number of amides is 1. The van der Waals surface area contributed by atoms with Crippen LogP contribution >= 0.6 is 0 Å². The number of carbonyl (C=O) groups excluding carboxylic acids is 1. The summed E-state index contributed by atoms with van der Waals surface area (Å²) in [5, 5.41) is 6.60. The highest BCUT2D eigenvalue weighted by Gasteiger charge is 2.25. The van der Waals surface area contributed by atoms with Gasteiger partial charge in [-0.2, -0.15) is 0 Å². The Balaban J connectivity index is 1.31. The number of hydrogen-bond donors (Lipinski definition) is 2. The van der Waals surface area contributed by atoms with Gasteiger partial charge in [0.25, 0.3) is 11.5 Å². The molecule has 6 rings (SSSR count). The molecule has 0 saturated carbocycles. The lowest BCUT2D eigenvalue weighted by Gasteiger charge is -2.26. The maximum absolute atomic E-state index is 15.4. The Hall–Kier alpha value is -5.29. The van der Waals surface area contributed by atoms with E-state index in [1.807, 2.05) is 0 Å². The number of hydrogen-bond acceptors (Lipinski definition) is 7. The molecular weight excluding hydrogens is 594 g/mol. The monoisotopic (exact) mass is 626 g/mol. The predicted molar refractivity (Wildman–Crippen MR) is 171 cm³/mol. The van der Waals surface area contributed by atoms with E-state index in [9.17, 15) is 14.0 Å². The highest BCUT2D eigenvalue weighted by atomic mass is 19.1. The van der Waals surface area contributed by atoms with Gasteiger partial charge in [0, 0.05) is 41.3 Å². The van der Waals surface area contributed by atoms with Gasteiger partial charge in [-0.05, 0) is 98.4 Å². The molecule has 1 aliphatic heterocycles. The molecule has 236 valence electrons. The van der Waals surface area contributed by atoms with E-state index in [2.05, 4.69) is 15.6 Å². The third-order valence-corrected chi connectivity index (χ3v) is 8.24. The Kier molecular flexibility index (Phi) is 8.67. The van der Waals surface area contributed by atoms with Crippen molar-refractivity contribution >= 4 is 22.5 Å². The molecule has 1 amide bonds. The minimum absolute atomic E-state index is 0.0614. The third-order valence-electron chi connectivity index (χ3n) is 8.24. The lowest BCUT2D eigenvalue weighted by molar-refractivity contribution is 0.102. The Morgan fingerprint density at radius 3 is 2.35 bits per heavy atom. The molecule has 1 aliphatic rings. The summed E-state index contributed by atoms with van der Waals surface area (Å²) in [5.74, 6) is -0.505. The fraction of sp³-hybridized carbons (Fsp3) is 0.229. The summed E-state index contributed by atoms with van der Waals surface area (Å²) in [4.78, 5) is 31.8. The highest BCUT2D eigenvalue weighted by molar-refractivity contribution is 6.05. The zero-order valence-corrected chi connectivity index (χ0v) is 25.5. The van der Waals surface area contributed by atoms with Gasteiger partial charge in [-0.25, -0.2) is 8.78 Å². The topological polar surface area (TPSA) is 104 Å². The average molecular weight is 627 g/mol. The number of benzene rings is 3. The van der Waals surface area contributed by atoms with Crippen LogP contribution < -0.4 is 30.4 Å². The van der Waals surface area contributed by atoms with Gasteiger partial charge < -0.3 is 24.8 Å². The average Bonchev–Trinajstić information content (AvgIpc) is 3.06. The van der Waals surface area contributed by atoms with Gasteiger partial charge in [0.15, 0.2) is 23.1 Å². The molecule has 0 radical (unpaired) electrons. The van der Waals surface area contributed by atoms with Crippen LogP contribution in [0.15, 0.2) is 77.9 Å². The molecule has 5 aromatic rings. The van der Waals surface area contributed by atoms with E-state index < -0.39 is 23.1 Å². The molecule has 9 nitrogen and oxygen atoms in total. The van der Waals surface area contributed by atoms with Gasteiger partial charge >= 0.3 is 0 Å². The van der Waals surface area contributed by atoms with Gasteiger partial charge in [-0.15, -0.1) is 0 Å². The fourth-order valence-electron chi connectivity index (χ4n) is 5.84. The van der Waals surface area contributed by atoms with Crippen molar-refractivity contribution in [2.24, 2.45) is 0 Å². The van der Waals surface area contributed by atoms with Crippen LogP contribution in [0.2, 0.25) is 0 Å². The van der Waals surface area contributed by atoms with Crippen molar-refractivity contribution in [3.63, 3.8) is 0 Å². The smallest absolute Gasteiger partial charge is 0.268 e. The fourth-order valence-corrected chi connectivity index (χ4v) is 5.84. The van der Waals surface area contributed by atoms with Gasteiger partial charge in [-0.3, -0.25) is 19.1 Å². The van der Waals surface area contributed by atoms with Crippen LogP contribution in [0, 0.1) is 18.6 Å². The predicted octanol–water partition coefficient (Wildman–Crippen LogP) is 6.50. The first-order valence-corrected chi connectivity index (χ1v) is 14.8. The number of pyridine rings is 2. The molecule has 3 heterocycles. The van der Waals surface area contributed by atoms with Gasteiger partial charge in [0.1, 0.15) is 17.1 Å². The molecule has 1 saturated heterocycles. The van der Waals surface area contributed by atoms with E-state index in [0.29, 0.717) is 39.4 Å². The number of carbonyl (C=O) groups is 1. The maximum Gasteiger partial charge on any atom is 0.268 e. The second-order valence-corrected chi connectivity index (χ2v) is 11.0. The Labute approximate surface area is 263 Å². The maximum atomic E-state index is 15.4. The van der Waals surface area contributed by atoms with Crippen molar-refractivity contribution in [2.45, 2.75) is 25.7 Å². The molecule has 1 fully saturated rings. The van der Waals surface area contributed by atoms with Crippen molar-refractivity contribution in [3.8, 4) is 28.7 Å². The van der Waals surface area contributed by atoms with E-state index in [0.717, 1.165) is 37.6 Å². The summed E-state index contributed by atoms with van der Waals surface area (Å²) >= 11 is 0. The number of piperidine rings is 1. The van der Waals surface area contributed by atoms with Crippen LogP contribution in [-0.4, -0.2) is 42.8 Å². The van der Waals surface area contributed by atoms with Crippen molar-refractivity contribution in [1.29, 1.82) is 0 Å². The molecule has 2 aromatic heterocycles. The number of fused-ring (bicyclic) bond motifs is 1. The number of ether oxygens (including phenoxy) is 3. The molecule has 3 aromatic carbocycles. The van der Waals surface area contributed by atoms with Crippen LogP contribution in [0.4, 0.5) is 14.5 Å². The zero-order valence-electron chi connectivity index (χ0n) is 25.5. The Bertz CT molecular complexity index is 1990. The first-order valence-electron chi connectivity index (χ1n) is 14.8. The highest BCUT2D eigenvalue weighted by Crippen LogP contribution is 2.38. The summed E-state index contributed by atoms with van der Waals surface area (Å²) in [6, 6.07) is 14.5. The van der Waals surface area contributed by atoms with E-state index in [1.54, 1.807) is 31.3 Å². The van der Waals surface area contributed by atoms with Crippen LogP contribution in [0.5, 0.6) is 23.0 Å². The molecule has 0 spiro atoms. The van der Waals surface area contributed by atoms with E-state index in [-0.39, 0.29) is 22.9 Å². The summed E-state index contributed by atoms with van der Waals surface area (Å²) in [5.41, 5.74) is 1.94. The normalized spacial score (nSPS) is 13.4. The lowest BCUT2D eigenvalue weighted by atomic mass is 9.87. The molecule has 0 unspecified atom stereocenters. The lowest BCUT2D eigenvalue weighted by Crippen LogP contribution is -2.33. The SMILES string of the molecule is COc1cc2nccc(Oc3ccc(NC(=O)c4c(C)c(C5CCNCC5)cn(-c5ccc(F)cc5)c4=O)cc3F)c2cc1OC. The zero-order chi connectivity index (χ0) is 32.4. The minimum atomic E-state index is -0.729. The largest absolute Gasteiger partial charge is 0.493 e. The molecule has 46 heavy (non-hydrogen) atoms. The van der Waals surface area contributed by atoms with E-state index in [1.165, 1.54) is 61.4 Å². The van der Waals surface area contributed by atoms with Crippen LogP contribution in [0.3, 0.4) is 0 Å². The standard InChI is InChI=1S/C35H32F2N4O5/c1-20-26(21-10-13-38-14-11-21)19-41(24-7-4-22(36)5-8-24)35(43)33(20)34(42)40-23-6-9-30(27(37)16-23)46-29-12-15-39-28-18-32(45-3)31(44-2)17-25(28)29/h4-9,12,15-19,21,38H,10-11,13-14H2,1-3H3,(H,40,42). The second-order valence-electron chi connectivity index (χ2n) is 11.0. The summed E-state index contributed by atoms with van der Waals surface area (Å²) in [6.45, 7) is 3.38. The van der Waals surface area contributed by atoms with Gasteiger partial charge in [0.05, 0.1) is 19.7 Å². The summed E-state index contributed by atoms with van der Waals surface area (Å²) in [6.07, 6.45) is 4.96. The number of aromatic nitrogens is 2. The number of methoxy groups -OCH3 is 2. The summed E-state index contributed by atoms with van der Waals surface area (Å²) in [7, 11) is 3.03. The van der Waals surface area contributed by atoms with Crippen LogP contribution in [0.1, 0.15) is 40.2 Å². The Morgan fingerprint density at radius 2 is 1.65 bits per heavy atom. The van der Waals surface area contributed by atoms with Crippen molar-refractivity contribution in [2.75, 3.05) is 32.6 Å². The van der Waals surface area contributed by atoms with Crippen molar-refractivity contribution in [3.05, 3.63) is 112 Å². The third kappa shape index (κ3) is 6.01. The van der Waals surface area contributed by atoms with Gasteiger partial charge in [-0.1, -0.05) is 0 Å². The number of halogens is 2. The second kappa shape index (κ2) is 13.0. The van der Waals surface area contributed by atoms with Crippen LogP contribution in [-0.2, 0) is 0 Å². The molecule has 0 atom stereocenters. The number of nitrogens with one attached hydrogen (secondary N) is 2. The molecular formula is C35H32F2N4O5. The Morgan fingerprint density at radius 1 is 0.935 bits per heavy atom. The first-order chi connectivity index (χ1) is 22.3. The molecule has 11 heteroatoms. The minimum Gasteiger partial charge on any atom is -0.493 e. The number of nitrogens with zero attached hydrogens (tertiary/aromatic N) is 2. The molecule has 0 aliphatic carbocycles. The van der Waals surface area contributed by atoms with Crippen molar-refractivity contribution in [1.82, 2.24) is 14.9 Å². The molecule has 0 bridgehead atoms. The summed E-state index contributed by atoms with van der Waals surface area (Å²) < 4.78 is 47.1.